The first kappa shape index (κ1) is 17.8. The molecule has 0 unspecified atom stereocenters. The zero-order valence-corrected chi connectivity index (χ0v) is 17.0. The maximum Gasteiger partial charge on any atom is 0.262 e. The van der Waals surface area contributed by atoms with Crippen LogP contribution >= 0.6 is 11.3 Å². The van der Waals surface area contributed by atoms with Gasteiger partial charge in [-0.3, -0.25) is 14.3 Å². The summed E-state index contributed by atoms with van der Waals surface area (Å²) in [6, 6.07) is 8.59. The smallest absolute Gasteiger partial charge is 0.262 e. The number of hydrogen-bond donors (Lipinski definition) is 1. The van der Waals surface area contributed by atoms with Crippen LogP contribution < -0.4 is 15.8 Å². The molecule has 0 spiro atoms. The molecule has 4 heterocycles. The first-order valence-electron chi connectivity index (χ1n) is 9.94. The van der Waals surface area contributed by atoms with E-state index in [1.54, 1.807) is 22.2 Å². The Morgan fingerprint density at radius 2 is 1.93 bits per heavy atom. The number of piperazine rings is 1. The van der Waals surface area contributed by atoms with Crippen molar-refractivity contribution in [2.45, 2.75) is 26.6 Å². The third-order valence-corrected chi connectivity index (χ3v) is 7.07. The van der Waals surface area contributed by atoms with Gasteiger partial charge in [0.2, 0.25) is 0 Å². The van der Waals surface area contributed by atoms with E-state index >= 15 is 0 Å². The molecular weight excluding hydrogens is 370 g/mol. The van der Waals surface area contributed by atoms with E-state index in [0.717, 1.165) is 56.0 Å². The Morgan fingerprint density at radius 3 is 2.75 bits per heavy atom. The number of para-hydroxylation sites is 1. The predicted molar refractivity (Wildman–Crippen MR) is 114 cm³/mol. The number of nitrogens with zero attached hydrogens (tertiary/aromatic N) is 4. The second-order valence-corrected chi connectivity index (χ2v) is 8.73. The number of thiophene rings is 1. The average molecular weight is 396 g/mol. The van der Waals surface area contributed by atoms with E-state index in [-0.39, 0.29) is 5.56 Å². The van der Waals surface area contributed by atoms with E-state index in [9.17, 15) is 4.79 Å². The molecule has 0 bridgehead atoms. The van der Waals surface area contributed by atoms with Gasteiger partial charge in [0, 0.05) is 62.9 Å². The van der Waals surface area contributed by atoms with Crippen LogP contribution in [0.25, 0.3) is 10.2 Å². The van der Waals surface area contributed by atoms with Crippen LogP contribution in [-0.4, -0.2) is 47.2 Å². The molecule has 2 aromatic heterocycles. The summed E-state index contributed by atoms with van der Waals surface area (Å²) in [6.07, 6.45) is 1.73. The van der Waals surface area contributed by atoms with Gasteiger partial charge in [-0.2, -0.15) is 0 Å². The largest absolute Gasteiger partial charge is 0.369 e. The quantitative estimate of drug-likeness (QED) is 0.734. The zero-order valence-electron chi connectivity index (χ0n) is 16.1. The highest BCUT2D eigenvalue weighted by molar-refractivity contribution is 7.18. The van der Waals surface area contributed by atoms with Crippen LogP contribution in [0.2, 0.25) is 0 Å². The Hall–Kier alpha value is -2.22. The normalized spacial score (nSPS) is 17.4. The van der Waals surface area contributed by atoms with Crippen molar-refractivity contribution in [1.29, 1.82) is 0 Å². The van der Waals surface area contributed by atoms with Crippen molar-refractivity contribution in [1.82, 2.24) is 19.8 Å². The lowest BCUT2D eigenvalue weighted by Crippen LogP contribution is -2.47. The average Bonchev–Trinajstić information content (AvgIpc) is 3.29. The molecule has 2 aliphatic heterocycles. The fourth-order valence-electron chi connectivity index (χ4n) is 4.30. The minimum atomic E-state index is 0.116. The topological polar surface area (TPSA) is 53.4 Å². The zero-order chi connectivity index (χ0) is 19.1. The van der Waals surface area contributed by atoms with E-state index < -0.39 is 0 Å². The van der Waals surface area contributed by atoms with Crippen LogP contribution in [0.1, 0.15) is 16.0 Å². The van der Waals surface area contributed by atoms with Crippen LogP contribution in [0, 0.1) is 6.92 Å². The number of rotatable bonds is 4. The lowest BCUT2D eigenvalue weighted by Gasteiger charge is -2.36. The molecule has 1 N–H and O–H groups in total. The summed E-state index contributed by atoms with van der Waals surface area (Å²) >= 11 is 1.65. The number of hydrogen-bond acceptors (Lipinski definition) is 6. The number of aromatic nitrogens is 2. The van der Waals surface area contributed by atoms with Gasteiger partial charge in [0.25, 0.3) is 5.56 Å². The van der Waals surface area contributed by atoms with E-state index in [0.29, 0.717) is 6.54 Å². The molecule has 1 saturated heterocycles. The summed E-state index contributed by atoms with van der Waals surface area (Å²) in [5, 5.41) is 4.16. The van der Waals surface area contributed by atoms with E-state index in [4.69, 9.17) is 0 Å². The van der Waals surface area contributed by atoms with Crippen LogP contribution in [0.4, 0.5) is 5.69 Å². The molecule has 28 heavy (non-hydrogen) atoms. The first-order chi connectivity index (χ1) is 13.7. The van der Waals surface area contributed by atoms with Crippen molar-refractivity contribution in [2.24, 2.45) is 0 Å². The standard InChI is InChI=1S/C21H25N5OS/c1-15-4-2-3-5-17(15)25-9-6-24(7-10-25)8-11-26-14-23-20-19(21(26)27)16-12-22-13-18(16)28-20/h2-5,14,22H,6-13H2,1H3. The highest BCUT2D eigenvalue weighted by atomic mass is 32.1. The van der Waals surface area contributed by atoms with Crippen molar-refractivity contribution < 1.29 is 0 Å². The van der Waals surface area contributed by atoms with Crippen LogP contribution in [0.5, 0.6) is 0 Å². The molecule has 0 aliphatic carbocycles. The lowest BCUT2D eigenvalue weighted by atomic mass is 10.1. The Morgan fingerprint density at radius 1 is 1.11 bits per heavy atom. The number of benzene rings is 1. The molecule has 1 fully saturated rings. The first-order valence-corrected chi connectivity index (χ1v) is 10.8. The highest BCUT2D eigenvalue weighted by Crippen LogP contribution is 2.30. The molecule has 0 saturated carbocycles. The fraction of sp³-hybridized carbons (Fsp3) is 0.429. The SMILES string of the molecule is Cc1ccccc1N1CCN(CCn2cnc3sc4c(c3c2=O)CNC4)CC1. The fourth-order valence-corrected chi connectivity index (χ4v) is 5.41. The van der Waals surface area contributed by atoms with Crippen LogP contribution in [0.3, 0.4) is 0 Å². The predicted octanol–water partition coefficient (Wildman–Crippen LogP) is 2.19. The van der Waals surface area contributed by atoms with Gasteiger partial charge in [-0.25, -0.2) is 4.98 Å². The number of aryl methyl sites for hydroxylation is 1. The van der Waals surface area contributed by atoms with Gasteiger partial charge < -0.3 is 10.2 Å². The van der Waals surface area contributed by atoms with Crippen molar-refractivity contribution >= 4 is 27.2 Å². The van der Waals surface area contributed by atoms with Gasteiger partial charge >= 0.3 is 0 Å². The Kier molecular flexibility index (Phi) is 4.66. The monoisotopic (exact) mass is 395 g/mol. The molecule has 2 aliphatic rings. The van der Waals surface area contributed by atoms with Gasteiger partial charge in [-0.15, -0.1) is 11.3 Å². The minimum absolute atomic E-state index is 0.116. The Balaban J connectivity index is 1.25. The van der Waals surface area contributed by atoms with Crippen molar-refractivity contribution in [2.75, 3.05) is 37.6 Å². The van der Waals surface area contributed by atoms with Crippen molar-refractivity contribution in [3.05, 3.63) is 57.0 Å². The minimum Gasteiger partial charge on any atom is -0.369 e. The molecule has 6 nitrogen and oxygen atoms in total. The summed E-state index contributed by atoms with van der Waals surface area (Å²) in [6.45, 7) is 9.52. The van der Waals surface area contributed by atoms with Crippen molar-refractivity contribution in [3.63, 3.8) is 0 Å². The summed E-state index contributed by atoms with van der Waals surface area (Å²) in [4.78, 5) is 24.6. The van der Waals surface area contributed by atoms with Gasteiger partial charge in [-0.05, 0) is 24.1 Å². The third kappa shape index (κ3) is 3.13. The van der Waals surface area contributed by atoms with Gasteiger partial charge in [-0.1, -0.05) is 18.2 Å². The molecule has 0 amide bonds. The summed E-state index contributed by atoms with van der Waals surface area (Å²) < 4.78 is 1.79. The second kappa shape index (κ2) is 7.31. The Labute approximate surface area is 168 Å². The van der Waals surface area contributed by atoms with Crippen LogP contribution in [0.15, 0.2) is 35.4 Å². The van der Waals surface area contributed by atoms with E-state index in [1.165, 1.54) is 21.7 Å². The molecular formula is C21H25N5OS. The van der Waals surface area contributed by atoms with E-state index in [1.807, 2.05) is 0 Å². The number of nitrogens with one attached hydrogen (secondary N) is 1. The Bertz CT molecular complexity index is 1060. The summed E-state index contributed by atoms with van der Waals surface area (Å²) in [5.74, 6) is 0. The van der Waals surface area contributed by atoms with E-state index in [2.05, 4.69) is 51.3 Å². The summed E-state index contributed by atoms with van der Waals surface area (Å²) in [5.41, 5.74) is 3.95. The maximum atomic E-state index is 13.0. The lowest BCUT2D eigenvalue weighted by molar-refractivity contribution is 0.247. The van der Waals surface area contributed by atoms with Gasteiger partial charge in [0.15, 0.2) is 0 Å². The second-order valence-electron chi connectivity index (χ2n) is 7.65. The number of anilines is 1. The number of fused-ring (bicyclic) bond motifs is 3. The van der Waals surface area contributed by atoms with Gasteiger partial charge in [0.05, 0.1) is 11.7 Å². The molecule has 3 aromatic rings. The molecule has 146 valence electrons. The highest BCUT2D eigenvalue weighted by Gasteiger charge is 2.22. The summed E-state index contributed by atoms with van der Waals surface area (Å²) in [7, 11) is 0. The van der Waals surface area contributed by atoms with Crippen LogP contribution in [-0.2, 0) is 19.6 Å². The third-order valence-electron chi connectivity index (χ3n) is 5.93. The molecule has 5 rings (SSSR count). The molecule has 7 heteroatoms. The molecule has 0 radical (unpaired) electrons. The van der Waals surface area contributed by atoms with Crippen molar-refractivity contribution in [3.8, 4) is 0 Å². The maximum absolute atomic E-state index is 13.0. The molecule has 1 aromatic carbocycles. The molecule has 0 atom stereocenters. The van der Waals surface area contributed by atoms with Gasteiger partial charge in [0.1, 0.15) is 4.83 Å².